The average Bonchev–Trinajstić information content (AvgIpc) is 0.792. The van der Waals surface area contributed by atoms with Crippen molar-refractivity contribution in [1.82, 2.24) is 28.0 Å². The summed E-state index contributed by atoms with van der Waals surface area (Å²) in [5.74, 6) is -2.84. The molecule has 0 unspecified atom stereocenters. The van der Waals surface area contributed by atoms with Gasteiger partial charge in [0.2, 0.25) is 0 Å². The van der Waals surface area contributed by atoms with Crippen molar-refractivity contribution in [3.63, 3.8) is 0 Å². The van der Waals surface area contributed by atoms with Crippen LogP contribution in [0.25, 0.3) is 0 Å². The van der Waals surface area contributed by atoms with Gasteiger partial charge in [0.1, 0.15) is 0 Å². The average molecular weight is 1440 g/mol. The Morgan fingerprint density at radius 2 is 0.380 bits per heavy atom. The Labute approximate surface area is 582 Å². The molecule has 0 aliphatic rings. The Bertz CT molecular complexity index is 3160. The second-order valence-electron chi connectivity index (χ2n) is 21.9. The minimum Gasteiger partial charge on any atom is -0.479 e. The van der Waals surface area contributed by atoms with Gasteiger partial charge in [-0.15, -0.1) is 0 Å². The van der Waals surface area contributed by atoms with Gasteiger partial charge in [0.25, 0.3) is 15.2 Å². The summed E-state index contributed by atoms with van der Waals surface area (Å²) in [6, 6.07) is 83.6. The van der Waals surface area contributed by atoms with E-state index >= 15 is 0 Å². The molecule has 0 aromatic heterocycles. The van der Waals surface area contributed by atoms with Gasteiger partial charge in [0.15, 0.2) is 16.6 Å². The molecule has 0 amide bonds. The number of anilines is 3. The molecule has 6 N–H and O–H groups in total. The maximum Gasteiger partial charge on any atom is 0.338 e. The van der Waals surface area contributed by atoms with Crippen LogP contribution in [0.2, 0.25) is 0 Å². The van der Waals surface area contributed by atoms with E-state index in [4.69, 9.17) is 0 Å². The molecule has 92 heavy (non-hydrogen) atoms. The van der Waals surface area contributed by atoms with Crippen LogP contribution >= 0.6 is 15.2 Å². The molecule has 0 spiro atoms. The van der Waals surface area contributed by atoms with Gasteiger partial charge in [-0.1, -0.05) is 237 Å². The van der Waals surface area contributed by atoms with E-state index in [-0.39, 0.29) is 46.9 Å². The third kappa shape index (κ3) is 19.1. The Morgan fingerprint density at radius 3 is 0.478 bits per heavy atom. The van der Waals surface area contributed by atoms with Crippen LogP contribution in [0.15, 0.2) is 273 Å². The van der Waals surface area contributed by atoms with Gasteiger partial charge in [-0.05, 0) is 154 Å². The molecule has 0 aliphatic carbocycles. The fourth-order valence-corrected chi connectivity index (χ4v) is 14.6. The number of carboxylic acids is 3. The molecule has 0 radical (unpaired) electrons. The van der Waals surface area contributed by atoms with E-state index in [0.29, 0.717) is 33.4 Å². The monoisotopic (exact) mass is 1440 g/mol. The number of carbonyl (C=O) groups is 3. The summed E-state index contributed by atoms with van der Waals surface area (Å²) in [6.45, 7) is 0. The van der Waals surface area contributed by atoms with Crippen LogP contribution in [0.5, 0.6) is 0 Å². The maximum atomic E-state index is 12.4. The first-order valence-corrected chi connectivity index (χ1v) is 32.3. The van der Waals surface area contributed by atoms with Crippen LogP contribution in [0.1, 0.15) is 33.4 Å². The molecular weight excluding hydrogens is 1350 g/mol. The van der Waals surface area contributed by atoms with E-state index in [0.717, 1.165) is 17.1 Å². The molecule has 492 valence electrons. The van der Waals surface area contributed by atoms with E-state index in [1.807, 2.05) is 358 Å². The summed E-state index contributed by atoms with van der Waals surface area (Å²) >= 11 is 0. The van der Waals surface area contributed by atoms with Crippen molar-refractivity contribution in [2.24, 2.45) is 0 Å². The van der Waals surface area contributed by atoms with Crippen LogP contribution in [0.4, 0.5) is 17.1 Å². The van der Waals surface area contributed by atoms with Crippen molar-refractivity contribution in [3.05, 3.63) is 306 Å². The molecule has 0 bridgehead atoms. The molecule has 9 aromatic carbocycles. The quantitative estimate of drug-likeness (QED) is 0.0371. The third-order valence-electron chi connectivity index (χ3n) is 14.6. The normalized spacial score (nSPS) is 11.5. The van der Waals surface area contributed by atoms with Gasteiger partial charge in [0, 0.05) is 64.0 Å². The van der Waals surface area contributed by atoms with E-state index in [1.54, 1.807) is 28.0 Å². The van der Waals surface area contributed by atoms with Gasteiger partial charge in [0.05, 0.1) is 0 Å². The smallest absolute Gasteiger partial charge is 0.338 e. The number of benzene rings is 9. The van der Waals surface area contributed by atoms with E-state index in [2.05, 4.69) is 16.0 Å². The zero-order valence-corrected chi connectivity index (χ0v) is 57.7. The van der Waals surface area contributed by atoms with Crippen molar-refractivity contribution in [2.75, 3.05) is 101 Å². The van der Waals surface area contributed by atoms with Crippen molar-refractivity contribution in [2.45, 2.75) is 16.6 Å². The van der Waals surface area contributed by atoms with Gasteiger partial charge < -0.3 is 31.3 Å². The van der Waals surface area contributed by atoms with Gasteiger partial charge >= 0.3 is 17.9 Å². The van der Waals surface area contributed by atoms with E-state index < -0.39 is 49.7 Å². The molecule has 0 aliphatic heterocycles. The molecule has 9 rings (SSSR count). The van der Waals surface area contributed by atoms with Crippen LogP contribution in [0.3, 0.4) is 0 Å². The van der Waals surface area contributed by atoms with Gasteiger partial charge in [-0.25, -0.2) is 42.4 Å². The van der Waals surface area contributed by atoms with E-state index in [9.17, 15) is 38.8 Å². The van der Waals surface area contributed by atoms with Gasteiger partial charge in [-0.3, -0.25) is 9.13 Å². The number of nitrogens with one attached hydrogen (secondary N) is 3. The molecule has 0 fully saturated rings. The summed E-state index contributed by atoms with van der Waals surface area (Å²) < 4.78 is 34.6. The molecular formula is C72H87N9O8P2Yb. The Morgan fingerprint density at radius 1 is 0.261 bits per heavy atom. The number of nitrogens with zero attached hydrogens (tertiary/aromatic N) is 6. The van der Waals surface area contributed by atoms with E-state index in [1.165, 1.54) is 0 Å². The first kappa shape index (κ1) is 77.0. The predicted molar refractivity (Wildman–Crippen MR) is 371 cm³/mol. The Kier molecular flexibility index (Phi) is 30.7. The molecule has 0 heterocycles. The topological polar surface area (TPSA) is 202 Å². The van der Waals surface area contributed by atoms with Crippen molar-refractivity contribution in [1.29, 1.82) is 0 Å². The Balaban J connectivity index is 0.000000253. The molecule has 9 aromatic rings. The summed E-state index contributed by atoms with van der Waals surface area (Å²) in [6.07, 6.45) is 0. The molecule has 0 saturated carbocycles. The fraction of sp³-hybridized carbons (Fsp3) is 0.208. The van der Waals surface area contributed by atoms with Crippen molar-refractivity contribution < 1.29 is 85.8 Å². The minimum atomic E-state index is -2.44. The SMILES string of the molecule is CN(C)P(=O)(N(C)C)N(C)C.CN(C)P(=O)(N(C)C)N(C)C.O=C(O)C(Nc1ccccc1)(c1ccccc1)c1ccccc1.O=C(O)C(Nc1ccccc1)(c1ccccc1)c1ccccc1.O=C(O)C(Nc1ccccc1)(c1ccccc1)c1ccccc1.[Yb]. The molecule has 20 heteroatoms. The maximum absolute atomic E-state index is 12.4. The zero-order chi connectivity index (χ0) is 66.8. The first-order chi connectivity index (χ1) is 43.4. The summed E-state index contributed by atoms with van der Waals surface area (Å²) in [4.78, 5) is 37.1. The van der Waals surface area contributed by atoms with Crippen molar-refractivity contribution in [3.8, 4) is 0 Å². The number of para-hydroxylation sites is 3. The van der Waals surface area contributed by atoms with Crippen LogP contribution < -0.4 is 16.0 Å². The van der Waals surface area contributed by atoms with Gasteiger partial charge in [-0.2, -0.15) is 0 Å². The van der Waals surface area contributed by atoms with Crippen LogP contribution in [-0.4, -0.2) is 146 Å². The first-order valence-electron chi connectivity index (χ1n) is 29.2. The summed E-state index contributed by atoms with van der Waals surface area (Å²) in [5, 5.41) is 40.1. The number of hydrogen-bond donors (Lipinski definition) is 6. The molecule has 17 nitrogen and oxygen atoms in total. The summed E-state index contributed by atoms with van der Waals surface area (Å²) in [5.41, 5.74) is 2.32. The van der Waals surface area contributed by atoms with Crippen LogP contribution in [-0.2, 0) is 40.1 Å². The predicted octanol–water partition coefficient (Wildman–Crippen LogP) is 13.9. The standard InChI is InChI=1S/3C20H17NO2.2C6H18N3OP.Yb/c3*22-19(23)20(16-10-4-1-5-11-16,17-12-6-2-7-13-17)21-18-14-8-3-9-15-18;2*1-7(2)11(10,8(3)4)9(5)6;/h3*1-15,21H,(H,22,23);2*1-6H3;. The summed E-state index contributed by atoms with van der Waals surface area (Å²) in [7, 11) is 17.0. The number of carboxylic acid groups (broad SMARTS) is 3. The second kappa shape index (κ2) is 36.7. The van der Waals surface area contributed by atoms with Crippen molar-refractivity contribution >= 4 is 50.2 Å². The second-order valence-corrected chi connectivity index (χ2v) is 28.8. The molecule has 0 saturated heterocycles. The number of aliphatic carboxylic acids is 3. The van der Waals surface area contributed by atoms with Crippen LogP contribution in [0, 0.1) is 46.9 Å². The fourth-order valence-electron chi connectivity index (χ4n) is 10.3. The third-order valence-corrected chi connectivity index (χ3v) is 20.9. The minimum absolute atomic E-state index is 0. The zero-order valence-electron chi connectivity index (χ0n) is 54.2. The Hall–Kier alpha value is -7.47. The largest absolute Gasteiger partial charge is 0.479 e. The number of hydrogen-bond acceptors (Lipinski definition) is 8. The molecule has 0 atom stereocenters. The number of rotatable bonds is 21.